The molecule has 1 aliphatic rings. The van der Waals surface area contributed by atoms with Crippen LogP contribution in [0.4, 0.5) is 0 Å². The molecule has 30 heavy (non-hydrogen) atoms. The lowest BCUT2D eigenvalue weighted by molar-refractivity contribution is 0.0210. The molecule has 0 N–H and O–H groups in total. The Hall–Kier alpha value is -3.28. The average molecular weight is 408 g/mol. The van der Waals surface area contributed by atoms with Crippen molar-refractivity contribution in [3.63, 3.8) is 0 Å². The Morgan fingerprint density at radius 2 is 1.33 bits per heavy atom. The molecule has 6 heteroatoms. The molecular formula is C24H24O6. The van der Waals surface area contributed by atoms with E-state index in [1.807, 2.05) is 0 Å². The zero-order valence-electron chi connectivity index (χ0n) is 17.1. The van der Waals surface area contributed by atoms with Crippen LogP contribution in [0, 0.1) is 0 Å². The van der Waals surface area contributed by atoms with Crippen molar-refractivity contribution < 1.29 is 28.7 Å². The molecule has 1 aliphatic carbocycles. The van der Waals surface area contributed by atoms with Crippen molar-refractivity contribution in [3.05, 3.63) is 64.7 Å². The van der Waals surface area contributed by atoms with E-state index in [1.54, 1.807) is 0 Å². The van der Waals surface area contributed by atoms with Gasteiger partial charge in [0.1, 0.15) is 11.9 Å². The van der Waals surface area contributed by atoms with E-state index in [2.05, 4.69) is 0 Å². The number of carbonyl (C=O) groups is 4. The van der Waals surface area contributed by atoms with Crippen molar-refractivity contribution in [1.82, 2.24) is 0 Å². The van der Waals surface area contributed by atoms with Crippen molar-refractivity contribution in [3.8, 4) is 5.75 Å². The molecule has 1 fully saturated rings. The van der Waals surface area contributed by atoms with E-state index in [0.29, 0.717) is 5.56 Å². The number of rotatable bonds is 6. The molecule has 0 unspecified atom stereocenters. The molecule has 2 aromatic rings. The maximum Gasteiger partial charge on any atom is 0.343 e. The highest BCUT2D eigenvalue weighted by Crippen LogP contribution is 2.25. The Kier molecular flexibility index (Phi) is 6.77. The molecule has 3 rings (SSSR count). The van der Waals surface area contributed by atoms with Crippen LogP contribution in [0.5, 0.6) is 5.75 Å². The molecule has 0 bridgehead atoms. The van der Waals surface area contributed by atoms with E-state index >= 15 is 0 Å². The second kappa shape index (κ2) is 9.48. The first-order valence-corrected chi connectivity index (χ1v) is 10.0. The van der Waals surface area contributed by atoms with Crippen molar-refractivity contribution >= 4 is 23.5 Å². The van der Waals surface area contributed by atoms with E-state index in [0.717, 1.165) is 32.1 Å². The van der Waals surface area contributed by atoms with E-state index in [-0.39, 0.29) is 40.1 Å². The van der Waals surface area contributed by atoms with Crippen LogP contribution in [0.25, 0.3) is 0 Å². The quantitative estimate of drug-likeness (QED) is 0.388. The van der Waals surface area contributed by atoms with Gasteiger partial charge in [0.15, 0.2) is 11.6 Å². The van der Waals surface area contributed by atoms with Crippen molar-refractivity contribution in [2.75, 3.05) is 0 Å². The van der Waals surface area contributed by atoms with Gasteiger partial charge < -0.3 is 9.47 Å². The van der Waals surface area contributed by atoms with Crippen LogP contribution < -0.4 is 4.74 Å². The van der Waals surface area contributed by atoms with Crippen LogP contribution >= 0.6 is 0 Å². The number of esters is 2. The van der Waals surface area contributed by atoms with E-state index in [1.165, 1.54) is 56.3 Å². The molecule has 156 valence electrons. The number of Topliss-reactive ketones (excluding diaryl/α,β-unsaturated/α-hetero) is 2. The molecule has 0 spiro atoms. The number of hydrogen-bond donors (Lipinski definition) is 0. The number of hydrogen-bond acceptors (Lipinski definition) is 6. The zero-order chi connectivity index (χ0) is 21.7. The fourth-order valence-corrected chi connectivity index (χ4v) is 3.43. The minimum atomic E-state index is -0.689. The van der Waals surface area contributed by atoms with Crippen molar-refractivity contribution in [1.29, 1.82) is 0 Å². The predicted octanol–water partition coefficient (Wildman–Crippen LogP) is 4.80. The zero-order valence-corrected chi connectivity index (χ0v) is 17.1. The van der Waals surface area contributed by atoms with E-state index in [9.17, 15) is 19.2 Å². The lowest BCUT2D eigenvalue weighted by atomic mass is 9.98. The molecule has 6 nitrogen and oxygen atoms in total. The molecule has 0 aromatic heterocycles. The van der Waals surface area contributed by atoms with E-state index < -0.39 is 11.9 Å². The number of benzene rings is 2. The Balaban J connectivity index is 1.80. The van der Waals surface area contributed by atoms with E-state index in [4.69, 9.17) is 9.47 Å². The summed E-state index contributed by atoms with van der Waals surface area (Å²) in [7, 11) is 0. The summed E-state index contributed by atoms with van der Waals surface area (Å²) < 4.78 is 11.0. The minimum absolute atomic E-state index is 0.00115. The maximum absolute atomic E-state index is 12.5. The van der Waals surface area contributed by atoms with Gasteiger partial charge in [-0.15, -0.1) is 0 Å². The second-order valence-electron chi connectivity index (χ2n) is 7.46. The monoisotopic (exact) mass is 408 g/mol. The molecule has 0 radical (unpaired) electrons. The third-order valence-electron chi connectivity index (χ3n) is 5.15. The minimum Gasteiger partial charge on any atom is -0.459 e. The molecule has 1 saturated carbocycles. The summed E-state index contributed by atoms with van der Waals surface area (Å²) in [5.41, 5.74) is 1.12. The first kappa shape index (κ1) is 21.4. The summed E-state index contributed by atoms with van der Waals surface area (Å²) in [4.78, 5) is 48.4. The van der Waals surface area contributed by atoms with Gasteiger partial charge in [-0.3, -0.25) is 9.59 Å². The van der Waals surface area contributed by atoms with Gasteiger partial charge in [0.05, 0.1) is 16.7 Å². The number of carbonyl (C=O) groups excluding carboxylic acids is 4. The summed E-state index contributed by atoms with van der Waals surface area (Å²) in [6.07, 6.45) is 4.79. The average Bonchev–Trinajstić information content (AvgIpc) is 2.74. The SMILES string of the molecule is CC(=O)c1ccc(C(=O)Oc2cc(C(=O)OC3CCCCC3)ccc2C(C)=O)cc1. The Morgan fingerprint density at radius 1 is 0.733 bits per heavy atom. The molecule has 0 atom stereocenters. The molecular weight excluding hydrogens is 384 g/mol. The van der Waals surface area contributed by atoms with Crippen LogP contribution in [0.3, 0.4) is 0 Å². The predicted molar refractivity (Wildman–Crippen MR) is 110 cm³/mol. The van der Waals surface area contributed by atoms with Gasteiger partial charge in [-0.1, -0.05) is 18.6 Å². The van der Waals surface area contributed by atoms with Gasteiger partial charge in [-0.05, 0) is 69.9 Å². The highest BCUT2D eigenvalue weighted by molar-refractivity contribution is 6.01. The summed E-state index contributed by atoms with van der Waals surface area (Å²) in [6.45, 7) is 2.79. The summed E-state index contributed by atoms with van der Waals surface area (Å²) in [5, 5.41) is 0. The molecule has 0 aliphatic heterocycles. The first-order chi connectivity index (χ1) is 14.3. The highest BCUT2D eigenvalue weighted by Gasteiger charge is 2.21. The number of ether oxygens (including phenoxy) is 2. The summed E-state index contributed by atoms with van der Waals surface area (Å²) in [6, 6.07) is 10.3. The molecule has 0 saturated heterocycles. The largest absolute Gasteiger partial charge is 0.459 e. The molecule has 0 heterocycles. The highest BCUT2D eigenvalue weighted by atomic mass is 16.5. The summed E-state index contributed by atoms with van der Waals surface area (Å²) >= 11 is 0. The van der Waals surface area contributed by atoms with Crippen LogP contribution in [-0.4, -0.2) is 29.6 Å². The Bertz CT molecular complexity index is 968. The smallest absolute Gasteiger partial charge is 0.343 e. The summed E-state index contributed by atoms with van der Waals surface area (Å²) in [5.74, 6) is -1.60. The molecule has 2 aromatic carbocycles. The Labute approximate surface area is 175 Å². The standard InChI is InChI=1S/C24H24O6/c1-15(25)17-8-10-18(11-9-17)23(27)30-22-14-19(12-13-21(22)16(2)26)24(28)29-20-6-4-3-5-7-20/h8-14,20H,3-7H2,1-2H3. The van der Waals surface area contributed by atoms with Gasteiger partial charge in [-0.25, -0.2) is 9.59 Å². The second-order valence-corrected chi connectivity index (χ2v) is 7.46. The maximum atomic E-state index is 12.5. The lowest BCUT2D eigenvalue weighted by Gasteiger charge is -2.22. The fourth-order valence-electron chi connectivity index (χ4n) is 3.43. The first-order valence-electron chi connectivity index (χ1n) is 10.0. The van der Waals surface area contributed by atoms with Crippen LogP contribution in [0.1, 0.15) is 87.4 Å². The van der Waals surface area contributed by atoms with Gasteiger partial charge in [0.2, 0.25) is 0 Å². The van der Waals surface area contributed by atoms with Crippen molar-refractivity contribution in [2.45, 2.75) is 52.1 Å². The van der Waals surface area contributed by atoms with Gasteiger partial charge >= 0.3 is 11.9 Å². The third-order valence-corrected chi connectivity index (χ3v) is 5.15. The van der Waals surface area contributed by atoms with Crippen LogP contribution in [0.2, 0.25) is 0 Å². The molecule has 0 amide bonds. The lowest BCUT2D eigenvalue weighted by Crippen LogP contribution is -2.21. The van der Waals surface area contributed by atoms with Gasteiger partial charge in [0, 0.05) is 5.56 Å². The van der Waals surface area contributed by atoms with Crippen molar-refractivity contribution in [2.24, 2.45) is 0 Å². The van der Waals surface area contributed by atoms with Crippen LogP contribution in [-0.2, 0) is 4.74 Å². The van der Waals surface area contributed by atoms with Gasteiger partial charge in [0.25, 0.3) is 0 Å². The third kappa shape index (κ3) is 5.20. The van der Waals surface area contributed by atoms with Crippen LogP contribution in [0.15, 0.2) is 42.5 Å². The fraction of sp³-hybridized carbons (Fsp3) is 0.333. The van der Waals surface area contributed by atoms with Gasteiger partial charge in [-0.2, -0.15) is 0 Å². The normalized spacial score (nSPS) is 14.1. The Morgan fingerprint density at radius 3 is 1.93 bits per heavy atom. The number of ketones is 2. The topological polar surface area (TPSA) is 86.7 Å².